The van der Waals surface area contributed by atoms with Crippen LogP contribution in [0.3, 0.4) is 0 Å². The maximum atomic E-state index is 5.83. The highest BCUT2D eigenvalue weighted by Gasteiger charge is 2.08. The van der Waals surface area contributed by atoms with Gasteiger partial charge >= 0.3 is 0 Å². The highest BCUT2D eigenvalue weighted by molar-refractivity contribution is 5.39. The Morgan fingerprint density at radius 3 is 2.50 bits per heavy atom. The number of rotatable bonds is 3. The number of ether oxygens (including phenoxy) is 1. The van der Waals surface area contributed by atoms with Crippen LogP contribution >= 0.6 is 0 Å². The van der Waals surface area contributed by atoms with Gasteiger partial charge in [0, 0.05) is 18.3 Å². The average molecular weight is 242 g/mol. The van der Waals surface area contributed by atoms with Gasteiger partial charge in [-0.1, -0.05) is 6.07 Å². The van der Waals surface area contributed by atoms with E-state index in [-0.39, 0.29) is 0 Å². The summed E-state index contributed by atoms with van der Waals surface area (Å²) in [4.78, 5) is 4.26. The predicted molar refractivity (Wildman–Crippen MR) is 72.9 cm³/mol. The smallest absolute Gasteiger partial charge is 0.223 e. The van der Waals surface area contributed by atoms with E-state index in [1.807, 2.05) is 31.2 Å². The Balaban J connectivity index is 2.34. The second kappa shape index (κ2) is 5.19. The highest BCUT2D eigenvalue weighted by atomic mass is 16.5. The van der Waals surface area contributed by atoms with E-state index in [1.165, 1.54) is 11.1 Å². The first kappa shape index (κ1) is 12.6. The van der Waals surface area contributed by atoms with E-state index >= 15 is 0 Å². The van der Waals surface area contributed by atoms with Gasteiger partial charge in [0.05, 0.1) is 0 Å². The topological polar surface area (TPSA) is 48.1 Å². The summed E-state index contributed by atoms with van der Waals surface area (Å²) < 4.78 is 5.83. The number of hydrogen-bond donors (Lipinski definition) is 1. The lowest BCUT2D eigenvalue weighted by molar-refractivity contribution is 0.455. The molecule has 0 atom stereocenters. The SMILES string of the molecule is Cc1ccc(Oc2nccc(C)c2CN)cc1C. The predicted octanol–water partition coefficient (Wildman–Crippen LogP) is 3.26. The van der Waals surface area contributed by atoms with Gasteiger partial charge in [0.25, 0.3) is 0 Å². The van der Waals surface area contributed by atoms with Crippen molar-refractivity contribution < 1.29 is 4.74 Å². The molecule has 18 heavy (non-hydrogen) atoms. The molecule has 2 N–H and O–H groups in total. The van der Waals surface area contributed by atoms with Gasteiger partial charge < -0.3 is 10.5 Å². The Morgan fingerprint density at radius 2 is 1.83 bits per heavy atom. The monoisotopic (exact) mass is 242 g/mol. The van der Waals surface area contributed by atoms with Gasteiger partial charge in [0.15, 0.2) is 0 Å². The Bertz CT molecular complexity index is 564. The van der Waals surface area contributed by atoms with Crippen LogP contribution in [0.4, 0.5) is 0 Å². The van der Waals surface area contributed by atoms with Crippen molar-refractivity contribution in [1.82, 2.24) is 4.98 Å². The zero-order valence-corrected chi connectivity index (χ0v) is 11.0. The first-order chi connectivity index (χ1) is 8.61. The summed E-state index contributed by atoms with van der Waals surface area (Å²) >= 11 is 0. The number of aryl methyl sites for hydroxylation is 3. The Kier molecular flexibility index (Phi) is 3.63. The fourth-order valence-electron chi connectivity index (χ4n) is 1.79. The molecule has 1 aromatic carbocycles. The molecule has 1 heterocycles. The molecule has 94 valence electrons. The minimum atomic E-state index is 0.430. The molecule has 3 nitrogen and oxygen atoms in total. The van der Waals surface area contributed by atoms with Crippen LogP contribution in [0.2, 0.25) is 0 Å². The van der Waals surface area contributed by atoms with Crippen LogP contribution in [0.15, 0.2) is 30.5 Å². The second-order valence-electron chi connectivity index (χ2n) is 4.46. The third-order valence-electron chi connectivity index (χ3n) is 3.15. The minimum absolute atomic E-state index is 0.430. The first-order valence-electron chi connectivity index (χ1n) is 6.01. The standard InChI is InChI=1S/C15H18N2O/c1-10-4-5-13(8-12(10)3)18-15-14(9-16)11(2)6-7-17-15/h4-8H,9,16H2,1-3H3. The van der Waals surface area contributed by atoms with Gasteiger partial charge in [-0.05, 0) is 55.7 Å². The van der Waals surface area contributed by atoms with Gasteiger partial charge in [0.2, 0.25) is 5.88 Å². The first-order valence-corrected chi connectivity index (χ1v) is 6.01. The van der Waals surface area contributed by atoms with Crippen LogP contribution in [0.1, 0.15) is 22.3 Å². The lowest BCUT2D eigenvalue weighted by Crippen LogP contribution is -2.03. The lowest BCUT2D eigenvalue weighted by atomic mass is 10.1. The number of aromatic nitrogens is 1. The normalized spacial score (nSPS) is 10.4. The van der Waals surface area contributed by atoms with Crippen LogP contribution in [0, 0.1) is 20.8 Å². The molecule has 0 saturated heterocycles. The summed E-state index contributed by atoms with van der Waals surface area (Å²) in [7, 11) is 0. The second-order valence-corrected chi connectivity index (χ2v) is 4.46. The molecule has 0 unspecified atom stereocenters. The molecule has 0 fully saturated rings. The van der Waals surface area contributed by atoms with Crippen molar-refractivity contribution in [3.8, 4) is 11.6 Å². The molecule has 2 rings (SSSR count). The van der Waals surface area contributed by atoms with Gasteiger partial charge in [0.1, 0.15) is 5.75 Å². The zero-order valence-electron chi connectivity index (χ0n) is 11.0. The maximum absolute atomic E-state index is 5.83. The van der Waals surface area contributed by atoms with E-state index in [4.69, 9.17) is 10.5 Å². The van der Waals surface area contributed by atoms with Crippen molar-refractivity contribution in [2.45, 2.75) is 27.3 Å². The number of nitrogens with zero attached hydrogens (tertiary/aromatic N) is 1. The lowest BCUT2D eigenvalue weighted by Gasteiger charge is -2.11. The molecule has 0 aliphatic rings. The molecule has 1 aromatic heterocycles. The number of benzene rings is 1. The summed E-state index contributed by atoms with van der Waals surface area (Å²) in [5.74, 6) is 1.40. The van der Waals surface area contributed by atoms with E-state index in [1.54, 1.807) is 6.20 Å². The summed E-state index contributed by atoms with van der Waals surface area (Å²) in [6.07, 6.45) is 1.74. The van der Waals surface area contributed by atoms with Crippen LogP contribution in [-0.4, -0.2) is 4.98 Å². The zero-order chi connectivity index (χ0) is 13.1. The number of nitrogens with two attached hydrogens (primary N) is 1. The van der Waals surface area contributed by atoms with Crippen LogP contribution < -0.4 is 10.5 Å². The van der Waals surface area contributed by atoms with E-state index in [9.17, 15) is 0 Å². The molecule has 3 heteroatoms. The van der Waals surface area contributed by atoms with Crippen LogP contribution in [0.25, 0.3) is 0 Å². The van der Waals surface area contributed by atoms with Gasteiger partial charge in [-0.15, -0.1) is 0 Å². The minimum Gasteiger partial charge on any atom is -0.439 e. The number of pyridine rings is 1. The molecule has 2 aromatic rings. The van der Waals surface area contributed by atoms with Crippen molar-refractivity contribution in [3.05, 3.63) is 52.7 Å². The van der Waals surface area contributed by atoms with Crippen molar-refractivity contribution in [2.24, 2.45) is 5.73 Å². The Morgan fingerprint density at radius 1 is 1.06 bits per heavy atom. The van der Waals surface area contributed by atoms with E-state index in [0.29, 0.717) is 12.4 Å². The van der Waals surface area contributed by atoms with Gasteiger partial charge in [-0.3, -0.25) is 0 Å². The molecule has 0 aliphatic carbocycles. The summed E-state index contributed by atoms with van der Waals surface area (Å²) in [5.41, 5.74) is 10.2. The maximum Gasteiger partial charge on any atom is 0.223 e. The van der Waals surface area contributed by atoms with Crippen molar-refractivity contribution in [1.29, 1.82) is 0 Å². The van der Waals surface area contributed by atoms with Crippen molar-refractivity contribution in [2.75, 3.05) is 0 Å². The Hall–Kier alpha value is -1.87. The van der Waals surface area contributed by atoms with Gasteiger partial charge in [-0.25, -0.2) is 4.98 Å². The van der Waals surface area contributed by atoms with Crippen molar-refractivity contribution >= 4 is 0 Å². The fraction of sp³-hybridized carbons (Fsp3) is 0.267. The van der Waals surface area contributed by atoms with E-state index < -0.39 is 0 Å². The van der Waals surface area contributed by atoms with E-state index in [0.717, 1.165) is 16.9 Å². The third kappa shape index (κ3) is 2.51. The molecule has 0 spiro atoms. The Labute approximate surface area is 108 Å². The largest absolute Gasteiger partial charge is 0.439 e. The van der Waals surface area contributed by atoms with Crippen LogP contribution in [-0.2, 0) is 6.54 Å². The number of hydrogen-bond acceptors (Lipinski definition) is 3. The molecule has 0 radical (unpaired) electrons. The molecule has 0 saturated carbocycles. The molecular formula is C15H18N2O. The summed E-state index contributed by atoms with van der Waals surface area (Å²) in [6, 6.07) is 7.95. The molecular weight excluding hydrogens is 224 g/mol. The highest BCUT2D eigenvalue weighted by Crippen LogP contribution is 2.26. The summed E-state index contributed by atoms with van der Waals surface area (Å²) in [6.45, 7) is 6.59. The summed E-state index contributed by atoms with van der Waals surface area (Å²) in [5, 5.41) is 0. The van der Waals surface area contributed by atoms with Gasteiger partial charge in [-0.2, -0.15) is 0 Å². The molecule has 0 bridgehead atoms. The third-order valence-corrected chi connectivity index (χ3v) is 3.15. The quantitative estimate of drug-likeness (QED) is 0.898. The molecule has 0 amide bonds. The van der Waals surface area contributed by atoms with Crippen LogP contribution in [0.5, 0.6) is 11.6 Å². The fourth-order valence-corrected chi connectivity index (χ4v) is 1.79. The molecule has 0 aliphatic heterocycles. The average Bonchev–Trinajstić information content (AvgIpc) is 2.34. The van der Waals surface area contributed by atoms with Crippen molar-refractivity contribution in [3.63, 3.8) is 0 Å². The van der Waals surface area contributed by atoms with E-state index in [2.05, 4.69) is 18.8 Å².